The van der Waals surface area contributed by atoms with Crippen LogP contribution in [-0.2, 0) is 9.59 Å². The summed E-state index contributed by atoms with van der Waals surface area (Å²) in [6.07, 6.45) is 2.51. The van der Waals surface area contributed by atoms with Gasteiger partial charge in [0.2, 0.25) is 5.91 Å². The van der Waals surface area contributed by atoms with Crippen LogP contribution in [0.2, 0.25) is 0 Å². The molecule has 3 rings (SSSR count). The first-order chi connectivity index (χ1) is 13.1. The molecule has 0 bridgehead atoms. The molecule has 0 radical (unpaired) electrons. The fraction of sp³-hybridized carbons (Fsp3) is 0.333. The molecule has 1 saturated heterocycles. The Hall–Kier alpha value is -3.02. The second kappa shape index (κ2) is 8.58. The third-order valence-electron chi connectivity index (χ3n) is 4.52. The number of nitrogens with one attached hydrogen (secondary N) is 1. The van der Waals surface area contributed by atoms with Crippen molar-refractivity contribution in [1.82, 2.24) is 0 Å². The minimum Gasteiger partial charge on any atom is -0.497 e. The quantitative estimate of drug-likeness (QED) is 0.847. The molecule has 6 nitrogen and oxygen atoms in total. The second-order valence-corrected chi connectivity index (χ2v) is 6.52. The number of hydrogen-bond acceptors (Lipinski definition) is 4. The van der Waals surface area contributed by atoms with E-state index in [1.807, 2.05) is 31.2 Å². The van der Waals surface area contributed by atoms with Gasteiger partial charge in [-0.05, 0) is 49.6 Å². The second-order valence-electron chi connectivity index (χ2n) is 6.52. The third-order valence-corrected chi connectivity index (χ3v) is 4.52. The summed E-state index contributed by atoms with van der Waals surface area (Å²) < 4.78 is 10.6. The van der Waals surface area contributed by atoms with Gasteiger partial charge >= 0.3 is 0 Å². The molecule has 1 aliphatic heterocycles. The predicted molar refractivity (Wildman–Crippen MR) is 105 cm³/mol. The molecule has 1 N–H and O–H groups in total. The van der Waals surface area contributed by atoms with Gasteiger partial charge in [-0.1, -0.05) is 12.1 Å². The minimum atomic E-state index is -0.266. The van der Waals surface area contributed by atoms with Gasteiger partial charge in [0.05, 0.1) is 7.11 Å². The van der Waals surface area contributed by atoms with Crippen LogP contribution in [0, 0.1) is 6.92 Å². The maximum absolute atomic E-state index is 12.2. The maximum atomic E-state index is 12.2. The van der Waals surface area contributed by atoms with Crippen molar-refractivity contribution in [1.29, 1.82) is 0 Å². The summed E-state index contributed by atoms with van der Waals surface area (Å²) in [6, 6.07) is 12.7. The van der Waals surface area contributed by atoms with Gasteiger partial charge in [0.15, 0.2) is 6.61 Å². The van der Waals surface area contributed by atoms with Gasteiger partial charge in [0.25, 0.3) is 5.91 Å². The monoisotopic (exact) mass is 368 g/mol. The molecule has 2 aromatic rings. The highest BCUT2D eigenvalue weighted by Gasteiger charge is 2.21. The number of amides is 2. The molecule has 1 fully saturated rings. The first kappa shape index (κ1) is 18.8. The van der Waals surface area contributed by atoms with Crippen molar-refractivity contribution in [2.75, 3.05) is 30.5 Å². The van der Waals surface area contributed by atoms with Crippen molar-refractivity contribution in [3.05, 3.63) is 48.0 Å². The summed E-state index contributed by atoms with van der Waals surface area (Å²) in [7, 11) is 1.58. The highest BCUT2D eigenvalue weighted by atomic mass is 16.5. The summed E-state index contributed by atoms with van der Waals surface area (Å²) in [5.74, 6) is 1.10. The van der Waals surface area contributed by atoms with E-state index in [0.717, 1.165) is 30.6 Å². The number of benzene rings is 2. The molecule has 2 amide bonds. The largest absolute Gasteiger partial charge is 0.497 e. The molecule has 27 heavy (non-hydrogen) atoms. The summed E-state index contributed by atoms with van der Waals surface area (Å²) in [6.45, 7) is 2.57. The molecule has 0 spiro atoms. The lowest BCUT2D eigenvalue weighted by atomic mass is 10.1. The van der Waals surface area contributed by atoms with Gasteiger partial charge in [-0.15, -0.1) is 0 Å². The van der Waals surface area contributed by atoms with Crippen LogP contribution in [0.5, 0.6) is 11.5 Å². The molecule has 142 valence electrons. The summed E-state index contributed by atoms with van der Waals surface area (Å²) in [5.41, 5.74) is 2.51. The van der Waals surface area contributed by atoms with Crippen LogP contribution in [0.4, 0.5) is 11.4 Å². The molecule has 6 heteroatoms. The Labute approximate surface area is 159 Å². The maximum Gasteiger partial charge on any atom is 0.262 e. The normalized spacial score (nSPS) is 14.0. The highest BCUT2D eigenvalue weighted by molar-refractivity contribution is 5.97. The topological polar surface area (TPSA) is 67.9 Å². The SMILES string of the molecule is COc1cccc(OCC(=O)Nc2ccc(C)c(N3CCCCC3=O)c2)c1. The number of ether oxygens (including phenoxy) is 2. The molecule has 0 aromatic heterocycles. The van der Waals surface area contributed by atoms with Crippen LogP contribution in [0.25, 0.3) is 0 Å². The molecular formula is C21H24N2O4. The van der Waals surface area contributed by atoms with Crippen molar-refractivity contribution in [3.8, 4) is 11.5 Å². The lowest BCUT2D eigenvalue weighted by Crippen LogP contribution is -2.35. The summed E-state index contributed by atoms with van der Waals surface area (Å²) in [5, 5.41) is 2.83. The van der Waals surface area contributed by atoms with E-state index < -0.39 is 0 Å². The van der Waals surface area contributed by atoms with Crippen molar-refractivity contribution < 1.29 is 19.1 Å². The fourth-order valence-corrected chi connectivity index (χ4v) is 3.08. The number of anilines is 2. The lowest BCUT2D eigenvalue weighted by molar-refractivity contribution is -0.119. The van der Waals surface area contributed by atoms with Crippen molar-refractivity contribution in [2.24, 2.45) is 0 Å². The third kappa shape index (κ3) is 4.78. The molecule has 0 atom stereocenters. The van der Waals surface area contributed by atoms with Crippen LogP contribution < -0.4 is 19.7 Å². The average molecular weight is 368 g/mol. The van der Waals surface area contributed by atoms with E-state index in [0.29, 0.717) is 23.6 Å². The molecular weight excluding hydrogens is 344 g/mol. The van der Waals surface area contributed by atoms with E-state index >= 15 is 0 Å². The summed E-state index contributed by atoms with van der Waals surface area (Å²) >= 11 is 0. The van der Waals surface area contributed by atoms with Gasteiger partial charge in [0.1, 0.15) is 11.5 Å². The number of aryl methyl sites for hydroxylation is 1. The van der Waals surface area contributed by atoms with Crippen LogP contribution in [0.3, 0.4) is 0 Å². The number of carbonyl (C=O) groups excluding carboxylic acids is 2. The zero-order valence-corrected chi connectivity index (χ0v) is 15.7. The Morgan fingerprint density at radius 3 is 2.74 bits per heavy atom. The van der Waals surface area contributed by atoms with Gasteiger partial charge < -0.3 is 19.7 Å². The van der Waals surface area contributed by atoms with E-state index in [-0.39, 0.29) is 18.4 Å². The molecule has 1 heterocycles. The molecule has 0 aliphatic carbocycles. The van der Waals surface area contributed by atoms with E-state index in [1.165, 1.54) is 0 Å². The Bertz CT molecular complexity index is 835. The fourth-order valence-electron chi connectivity index (χ4n) is 3.08. The number of nitrogens with zero attached hydrogens (tertiary/aromatic N) is 1. The van der Waals surface area contributed by atoms with E-state index in [2.05, 4.69) is 5.32 Å². The highest BCUT2D eigenvalue weighted by Crippen LogP contribution is 2.27. The van der Waals surface area contributed by atoms with Gasteiger partial charge in [-0.3, -0.25) is 9.59 Å². The molecule has 0 unspecified atom stereocenters. The smallest absolute Gasteiger partial charge is 0.262 e. The summed E-state index contributed by atoms with van der Waals surface area (Å²) in [4.78, 5) is 26.2. The first-order valence-electron chi connectivity index (χ1n) is 9.04. The van der Waals surface area contributed by atoms with E-state index in [4.69, 9.17) is 9.47 Å². The first-order valence-corrected chi connectivity index (χ1v) is 9.04. The van der Waals surface area contributed by atoms with E-state index in [1.54, 1.807) is 30.2 Å². The van der Waals surface area contributed by atoms with Gasteiger partial charge in [-0.2, -0.15) is 0 Å². The average Bonchev–Trinajstić information content (AvgIpc) is 2.68. The van der Waals surface area contributed by atoms with Crippen LogP contribution in [0.1, 0.15) is 24.8 Å². The van der Waals surface area contributed by atoms with Crippen molar-refractivity contribution >= 4 is 23.2 Å². The van der Waals surface area contributed by atoms with Crippen molar-refractivity contribution in [2.45, 2.75) is 26.2 Å². The van der Waals surface area contributed by atoms with Gasteiger partial charge in [0, 0.05) is 30.4 Å². The Kier molecular flexibility index (Phi) is 5.96. The zero-order valence-electron chi connectivity index (χ0n) is 15.7. The predicted octanol–water partition coefficient (Wildman–Crippen LogP) is 3.54. The standard InChI is InChI=1S/C21H24N2O4/c1-15-9-10-16(12-19(15)23-11-4-3-8-21(23)25)22-20(24)14-27-18-7-5-6-17(13-18)26-2/h5-7,9-10,12-13H,3-4,8,11,14H2,1-2H3,(H,22,24). The Morgan fingerprint density at radius 2 is 1.96 bits per heavy atom. The number of carbonyl (C=O) groups is 2. The molecule has 0 saturated carbocycles. The minimum absolute atomic E-state index is 0.112. The lowest BCUT2D eigenvalue weighted by Gasteiger charge is -2.28. The van der Waals surface area contributed by atoms with Crippen LogP contribution in [-0.4, -0.2) is 32.1 Å². The number of methoxy groups -OCH3 is 1. The van der Waals surface area contributed by atoms with Crippen molar-refractivity contribution in [3.63, 3.8) is 0 Å². The van der Waals surface area contributed by atoms with Gasteiger partial charge in [-0.25, -0.2) is 0 Å². The number of hydrogen-bond donors (Lipinski definition) is 1. The van der Waals surface area contributed by atoms with E-state index in [9.17, 15) is 9.59 Å². The molecule has 2 aromatic carbocycles. The number of piperidine rings is 1. The molecule has 1 aliphatic rings. The number of rotatable bonds is 6. The Balaban J connectivity index is 1.63. The van der Waals surface area contributed by atoms with Crippen LogP contribution in [0.15, 0.2) is 42.5 Å². The zero-order chi connectivity index (χ0) is 19.2. The van der Waals surface area contributed by atoms with Crippen LogP contribution >= 0.6 is 0 Å². The Morgan fingerprint density at radius 1 is 1.15 bits per heavy atom.